The Hall–Kier alpha value is -1.55. The smallest absolute Gasteiger partial charge is 0.319 e. The molecule has 0 spiro atoms. The highest BCUT2D eigenvalue weighted by molar-refractivity contribution is 5.90. The first-order valence-electron chi connectivity index (χ1n) is 8.97. The Kier molecular flexibility index (Phi) is 6.90. The van der Waals surface area contributed by atoms with E-state index < -0.39 is 0 Å². The Labute approximate surface area is 140 Å². The Balaban J connectivity index is 1.85. The molecule has 1 aliphatic rings. The molecule has 1 atom stereocenters. The van der Waals surface area contributed by atoms with E-state index in [1.807, 2.05) is 18.2 Å². The number of nitrogens with one attached hydrogen (secondary N) is 2. The van der Waals surface area contributed by atoms with E-state index >= 15 is 0 Å². The summed E-state index contributed by atoms with van der Waals surface area (Å²) in [6.07, 6.45) is 4.64. The molecule has 0 aromatic heterocycles. The van der Waals surface area contributed by atoms with Crippen molar-refractivity contribution >= 4 is 11.7 Å². The van der Waals surface area contributed by atoms with Crippen molar-refractivity contribution in [2.24, 2.45) is 5.92 Å². The monoisotopic (exact) mass is 317 g/mol. The van der Waals surface area contributed by atoms with Gasteiger partial charge in [0.1, 0.15) is 0 Å². The van der Waals surface area contributed by atoms with Crippen LogP contribution >= 0.6 is 0 Å². The van der Waals surface area contributed by atoms with Crippen LogP contribution in [-0.4, -0.2) is 36.6 Å². The first kappa shape index (κ1) is 17.8. The quantitative estimate of drug-likeness (QED) is 0.836. The number of anilines is 1. The van der Waals surface area contributed by atoms with E-state index in [9.17, 15) is 4.79 Å². The van der Waals surface area contributed by atoms with Crippen molar-refractivity contribution in [1.82, 2.24) is 10.2 Å². The summed E-state index contributed by atoms with van der Waals surface area (Å²) in [6.45, 7) is 9.62. The summed E-state index contributed by atoms with van der Waals surface area (Å²) in [5.74, 6) is 0.667. The fraction of sp³-hybridized carbons (Fsp3) is 0.632. The highest BCUT2D eigenvalue weighted by Crippen LogP contribution is 2.18. The lowest BCUT2D eigenvalue weighted by molar-refractivity contribution is 0.131. The average molecular weight is 317 g/mol. The number of likely N-dealkylation sites (tertiary alicyclic amines) is 1. The van der Waals surface area contributed by atoms with E-state index in [0.717, 1.165) is 31.7 Å². The molecule has 23 heavy (non-hydrogen) atoms. The van der Waals surface area contributed by atoms with Gasteiger partial charge in [-0.05, 0) is 43.4 Å². The summed E-state index contributed by atoms with van der Waals surface area (Å²) in [5, 5.41) is 6.05. The van der Waals surface area contributed by atoms with Gasteiger partial charge in [-0.3, -0.25) is 4.90 Å². The molecule has 2 rings (SSSR count). The lowest BCUT2D eigenvalue weighted by Crippen LogP contribution is -2.48. The summed E-state index contributed by atoms with van der Waals surface area (Å²) < 4.78 is 0. The van der Waals surface area contributed by atoms with Crippen LogP contribution in [0.15, 0.2) is 24.3 Å². The van der Waals surface area contributed by atoms with E-state index in [0.29, 0.717) is 12.0 Å². The van der Waals surface area contributed by atoms with Crippen LogP contribution in [0.2, 0.25) is 0 Å². The lowest BCUT2D eigenvalue weighted by atomic mass is 10.0. The summed E-state index contributed by atoms with van der Waals surface area (Å²) in [5.41, 5.74) is 2.08. The maximum atomic E-state index is 12.2. The second kappa shape index (κ2) is 8.92. The van der Waals surface area contributed by atoms with Crippen LogP contribution in [0.25, 0.3) is 0 Å². The lowest BCUT2D eigenvalue weighted by Gasteiger charge is -2.36. The number of nitrogens with zero attached hydrogens (tertiary/aromatic N) is 1. The molecule has 1 aliphatic heterocycles. The zero-order chi connectivity index (χ0) is 16.7. The van der Waals surface area contributed by atoms with E-state index in [2.05, 4.69) is 42.4 Å². The van der Waals surface area contributed by atoms with Gasteiger partial charge < -0.3 is 10.6 Å². The number of benzene rings is 1. The standard InChI is InChI=1S/C19H31N3O/c1-4-16-9-5-6-11-18(16)21-19(23)20-13-17-10-7-8-12-22(17)14-15(2)3/h5-6,9,11,15,17H,4,7-8,10,12-14H2,1-3H3,(H2,20,21,23)/t17-/m0/s1. The van der Waals surface area contributed by atoms with Crippen LogP contribution < -0.4 is 10.6 Å². The molecule has 2 N–H and O–H groups in total. The number of rotatable bonds is 6. The first-order chi connectivity index (χ1) is 11.1. The number of para-hydroxylation sites is 1. The molecule has 1 saturated heterocycles. The molecule has 2 amide bonds. The molecule has 128 valence electrons. The second-order valence-corrected chi connectivity index (χ2v) is 6.88. The molecule has 0 aliphatic carbocycles. The maximum absolute atomic E-state index is 12.2. The molecule has 0 saturated carbocycles. The van der Waals surface area contributed by atoms with Gasteiger partial charge in [0.15, 0.2) is 0 Å². The SMILES string of the molecule is CCc1ccccc1NC(=O)NC[C@@H]1CCCCN1CC(C)C. The van der Waals surface area contributed by atoms with E-state index in [1.54, 1.807) is 0 Å². The number of aryl methyl sites for hydroxylation is 1. The summed E-state index contributed by atoms with van der Waals surface area (Å²) in [7, 11) is 0. The third-order valence-corrected chi connectivity index (χ3v) is 4.49. The minimum atomic E-state index is -0.0963. The number of piperidine rings is 1. The normalized spacial score (nSPS) is 18.9. The number of urea groups is 1. The average Bonchev–Trinajstić information content (AvgIpc) is 2.54. The summed E-state index contributed by atoms with van der Waals surface area (Å²) in [6, 6.07) is 8.36. The number of hydrogen-bond donors (Lipinski definition) is 2. The van der Waals surface area contributed by atoms with Gasteiger partial charge in [0.05, 0.1) is 0 Å². The van der Waals surface area contributed by atoms with Crippen molar-refractivity contribution < 1.29 is 4.79 Å². The summed E-state index contributed by atoms with van der Waals surface area (Å²) >= 11 is 0. The first-order valence-corrected chi connectivity index (χ1v) is 8.97. The Bertz CT molecular complexity index is 501. The maximum Gasteiger partial charge on any atom is 0.319 e. The van der Waals surface area contributed by atoms with Crippen LogP contribution in [-0.2, 0) is 6.42 Å². The highest BCUT2D eigenvalue weighted by atomic mass is 16.2. The topological polar surface area (TPSA) is 44.4 Å². The molecule has 1 aromatic rings. The Morgan fingerprint density at radius 1 is 1.30 bits per heavy atom. The van der Waals surface area contributed by atoms with Gasteiger partial charge in [-0.25, -0.2) is 4.79 Å². The van der Waals surface area contributed by atoms with Crippen molar-refractivity contribution in [3.05, 3.63) is 29.8 Å². The third kappa shape index (κ3) is 5.54. The molecular formula is C19H31N3O. The predicted molar refractivity (Wildman–Crippen MR) is 96.9 cm³/mol. The second-order valence-electron chi connectivity index (χ2n) is 6.88. The zero-order valence-corrected chi connectivity index (χ0v) is 14.8. The molecule has 4 nitrogen and oxygen atoms in total. The van der Waals surface area contributed by atoms with Gasteiger partial charge >= 0.3 is 6.03 Å². The molecule has 4 heteroatoms. The van der Waals surface area contributed by atoms with Gasteiger partial charge in [0, 0.05) is 24.8 Å². The largest absolute Gasteiger partial charge is 0.336 e. The summed E-state index contributed by atoms with van der Waals surface area (Å²) in [4.78, 5) is 14.7. The molecular weight excluding hydrogens is 286 g/mol. The minimum Gasteiger partial charge on any atom is -0.336 e. The van der Waals surface area contributed by atoms with Crippen molar-refractivity contribution in [3.8, 4) is 0 Å². The van der Waals surface area contributed by atoms with Crippen molar-refractivity contribution in [2.75, 3.05) is 25.0 Å². The number of hydrogen-bond acceptors (Lipinski definition) is 2. The van der Waals surface area contributed by atoms with E-state index in [1.165, 1.54) is 24.8 Å². The number of carbonyl (C=O) groups excluding carboxylic acids is 1. The molecule has 0 radical (unpaired) electrons. The van der Waals surface area contributed by atoms with Gasteiger partial charge in [0.2, 0.25) is 0 Å². The van der Waals surface area contributed by atoms with Crippen molar-refractivity contribution in [1.29, 1.82) is 0 Å². The molecule has 1 heterocycles. The number of carbonyl (C=O) groups is 1. The Morgan fingerprint density at radius 3 is 2.83 bits per heavy atom. The predicted octanol–water partition coefficient (Wildman–Crippen LogP) is 3.88. The fourth-order valence-corrected chi connectivity index (χ4v) is 3.33. The minimum absolute atomic E-state index is 0.0963. The van der Waals surface area contributed by atoms with Crippen molar-refractivity contribution in [3.63, 3.8) is 0 Å². The van der Waals surface area contributed by atoms with Gasteiger partial charge in [-0.2, -0.15) is 0 Å². The van der Waals surface area contributed by atoms with E-state index in [4.69, 9.17) is 0 Å². The fourth-order valence-electron chi connectivity index (χ4n) is 3.33. The third-order valence-electron chi connectivity index (χ3n) is 4.49. The zero-order valence-electron chi connectivity index (χ0n) is 14.8. The van der Waals surface area contributed by atoms with Crippen LogP contribution in [0.4, 0.5) is 10.5 Å². The van der Waals surface area contributed by atoms with Gasteiger partial charge in [-0.1, -0.05) is 45.4 Å². The van der Waals surface area contributed by atoms with Crippen LogP contribution in [0.5, 0.6) is 0 Å². The molecule has 0 bridgehead atoms. The number of amides is 2. The van der Waals surface area contributed by atoms with Crippen LogP contribution in [0, 0.1) is 5.92 Å². The molecule has 1 fully saturated rings. The van der Waals surface area contributed by atoms with Crippen molar-refractivity contribution in [2.45, 2.75) is 52.5 Å². The van der Waals surface area contributed by atoms with Crippen LogP contribution in [0.3, 0.4) is 0 Å². The van der Waals surface area contributed by atoms with Crippen LogP contribution in [0.1, 0.15) is 45.6 Å². The van der Waals surface area contributed by atoms with Gasteiger partial charge in [0.25, 0.3) is 0 Å². The van der Waals surface area contributed by atoms with E-state index in [-0.39, 0.29) is 6.03 Å². The Morgan fingerprint density at radius 2 is 2.09 bits per heavy atom. The highest BCUT2D eigenvalue weighted by Gasteiger charge is 2.23. The molecule has 1 aromatic carbocycles. The van der Waals surface area contributed by atoms with Gasteiger partial charge in [-0.15, -0.1) is 0 Å². The molecule has 0 unspecified atom stereocenters.